The number of hydrogen-bond donors (Lipinski definition) is 3. The Balaban J connectivity index is 1.89. The molecule has 0 aliphatic carbocycles. The van der Waals surface area contributed by atoms with Crippen molar-refractivity contribution in [1.29, 1.82) is 0 Å². The van der Waals surface area contributed by atoms with Crippen LogP contribution in [-0.4, -0.2) is 50.2 Å². The summed E-state index contributed by atoms with van der Waals surface area (Å²) >= 11 is 0. The molecule has 2 amide bonds. The molecule has 0 aliphatic rings. The smallest absolute Gasteiger partial charge is 0.405 e. The Bertz CT molecular complexity index is 1200. The highest BCUT2D eigenvalue weighted by molar-refractivity contribution is 5.95. The molecule has 9 nitrogen and oxygen atoms in total. The summed E-state index contributed by atoms with van der Waals surface area (Å²) in [7, 11) is 0. The molecule has 12 heteroatoms. The minimum absolute atomic E-state index is 0.0408. The highest BCUT2D eigenvalue weighted by Crippen LogP contribution is 2.23. The number of carbonyl (C=O) groups excluding carboxylic acids is 1. The zero-order valence-electron chi connectivity index (χ0n) is 18.1. The predicted octanol–water partition coefficient (Wildman–Crippen LogP) is 2.93. The van der Waals surface area contributed by atoms with Crippen LogP contribution in [0.2, 0.25) is 0 Å². The predicted molar refractivity (Wildman–Crippen MR) is 111 cm³/mol. The summed E-state index contributed by atoms with van der Waals surface area (Å²) < 4.78 is 48.1. The number of halogens is 3. The third-order valence-electron chi connectivity index (χ3n) is 4.84. The second kappa shape index (κ2) is 9.35. The van der Waals surface area contributed by atoms with Crippen molar-refractivity contribution in [2.75, 3.05) is 13.2 Å². The fourth-order valence-electron chi connectivity index (χ4n) is 3.17. The van der Waals surface area contributed by atoms with Crippen molar-refractivity contribution in [2.24, 2.45) is 0 Å². The first-order chi connectivity index (χ1) is 15.5. The first kappa shape index (κ1) is 23.8. The lowest BCUT2D eigenvalue weighted by Crippen LogP contribution is -2.55. The van der Waals surface area contributed by atoms with E-state index in [1.54, 1.807) is 13.8 Å². The summed E-state index contributed by atoms with van der Waals surface area (Å²) in [6.07, 6.45) is 0.0927. The Kier molecular flexibility index (Phi) is 6.75. The standard InChI is InChI=1S/C21H22F3N5O4/c1-11-7-29-16(18(30)25-10-21(3,9-22)28-20(31)32)12(2)27-17(29)19(26-11)33-8-13-14(23)5-4-6-15(13)24/h4-7,28H,8-10H2,1-3H3,(H,25,30)(H,31,32). The Morgan fingerprint density at radius 2 is 1.88 bits per heavy atom. The number of benzene rings is 1. The van der Waals surface area contributed by atoms with Crippen molar-refractivity contribution in [2.45, 2.75) is 32.9 Å². The average molecular weight is 465 g/mol. The highest BCUT2D eigenvalue weighted by atomic mass is 19.1. The van der Waals surface area contributed by atoms with Gasteiger partial charge in [0.2, 0.25) is 5.65 Å². The summed E-state index contributed by atoms with van der Waals surface area (Å²) in [6, 6.07) is 3.45. The van der Waals surface area contributed by atoms with Gasteiger partial charge in [0.1, 0.15) is 30.6 Å². The van der Waals surface area contributed by atoms with Gasteiger partial charge < -0.3 is 20.5 Å². The van der Waals surface area contributed by atoms with E-state index in [0.29, 0.717) is 5.69 Å². The number of rotatable bonds is 8. The molecule has 1 unspecified atom stereocenters. The van der Waals surface area contributed by atoms with Crippen LogP contribution in [0, 0.1) is 25.5 Å². The van der Waals surface area contributed by atoms with E-state index in [9.17, 15) is 22.8 Å². The molecule has 0 radical (unpaired) electrons. The Hall–Kier alpha value is -3.83. The second-order valence-corrected chi connectivity index (χ2v) is 7.72. The van der Waals surface area contributed by atoms with Gasteiger partial charge in [-0.05, 0) is 32.9 Å². The lowest BCUT2D eigenvalue weighted by Gasteiger charge is -2.26. The quantitative estimate of drug-likeness (QED) is 0.471. The fraction of sp³-hybridized carbons (Fsp3) is 0.333. The van der Waals surface area contributed by atoms with Crippen LogP contribution in [0.25, 0.3) is 5.65 Å². The molecule has 0 bridgehead atoms. The van der Waals surface area contributed by atoms with E-state index < -0.39 is 42.5 Å². The van der Waals surface area contributed by atoms with E-state index in [1.165, 1.54) is 23.6 Å². The van der Waals surface area contributed by atoms with E-state index in [-0.39, 0.29) is 35.0 Å². The van der Waals surface area contributed by atoms with Gasteiger partial charge in [-0.25, -0.2) is 27.9 Å². The number of nitrogens with one attached hydrogen (secondary N) is 2. The maximum absolute atomic E-state index is 13.9. The van der Waals surface area contributed by atoms with Crippen LogP contribution < -0.4 is 15.4 Å². The van der Waals surface area contributed by atoms with Gasteiger partial charge in [-0.3, -0.25) is 9.20 Å². The molecule has 176 valence electrons. The summed E-state index contributed by atoms with van der Waals surface area (Å²) in [5.41, 5.74) is -0.859. The summed E-state index contributed by atoms with van der Waals surface area (Å²) in [5, 5.41) is 13.4. The van der Waals surface area contributed by atoms with Gasteiger partial charge in [-0.1, -0.05) is 6.07 Å². The number of ether oxygens (including phenoxy) is 1. The third-order valence-corrected chi connectivity index (χ3v) is 4.84. The monoisotopic (exact) mass is 465 g/mol. The number of imidazole rings is 1. The van der Waals surface area contributed by atoms with Crippen LogP contribution in [0.15, 0.2) is 24.4 Å². The van der Waals surface area contributed by atoms with Crippen LogP contribution in [-0.2, 0) is 6.61 Å². The summed E-state index contributed by atoms with van der Waals surface area (Å²) in [6.45, 7) is 2.68. The number of fused-ring (bicyclic) bond motifs is 1. The maximum atomic E-state index is 13.9. The van der Waals surface area contributed by atoms with Crippen molar-refractivity contribution in [1.82, 2.24) is 25.0 Å². The lowest BCUT2D eigenvalue weighted by atomic mass is 10.1. The molecule has 3 N–H and O–H groups in total. The van der Waals surface area contributed by atoms with Crippen LogP contribution >= 0.6 is 0 Å². The molecular formula is C21H22F3N5O4. The number of aromatic nitrogens is 3. The van der Waals surface area contributed by atoms with E-state index in [0.717, 1.165) is 12.1 Å². The zero-order chi connectivity index (χ0) is 24.3. The number of carbonyl (C=O) groups is 2. The van der Waals surface area contributed by atoms with E-state index in [1.807, 2.05) is 5.32 Å². The number of alkyl halides is 1. The minimum atomic E-state index is -1.52. The molecule has 0 saturated heterocycles. The van der Waals surface area contributed by atoms with E-state index in [4.69, 9.17) is 9.84 Å². The molecule has 0 spiro atoms. The van der Waals surface area contributed by atoms with Gasteiger partial charge in [0.15, 0.2) is 0 Å². The molecule has 0 saturated carbocycles. The number of amides is 2. The van der Waals surface area contributed by atoms with E-state index in [2.05, 4.69) is 15.3 Å². The Labute approximate surface area is 186 Å². The number of aryl methyl sites for hydroxylation is 2. The van der Waals surface area contributed by atoms with Gasteiger partial charge in [0.05, 0.1) is 22.5 Å². The SMILES string of the molecule is Cc1cn2c(C(=O)NCC(C)(CF)NC(=O)O)c(C)nc2c(OCc2c(F)cccc2F)n1. The largest absolute Gasteiger partial charge is 0.470 e. The van der Waals surface area contributed by atoms with Crippen molar-refractivity contribution < 1.29 is 32.6 Å². The first-order valence-corrected chi connectivity index (χ1v) is 9.82. The van der Waals surface area contributed by atoms with Crippen molar-refractivity contribution in [3.8, 4) is 5.88 Å². The molecule has 3 rings (SSSR count). The van der Waals surface area contributed by atoms with Gasteiger partial charge in [-0.2, -0.15) is 0 Å². The second-order valence-electron chi connectivity index (χ2n) is 7.72. The van der Waals surface area contributed by atoms with Crippen LogP contribution in [0.1, 0.15) is 34.4 Å². The topological polar surface area (TPSA) is 118 Å². The number of nitrogens with zero attached hydrogens (tertiary/aromatic N) is 3. The molecule has 1 atom stereocenters. The number of carboxylic acid groups (broad SMARTS) is 1. The van der Waals surface area contributed by atoms with Crippen molar-refractivity contribution >= 4 is 17.6 Å². The Morgan fingerprint density at radius 3 is 2.48 bits per heavy atom. The average Bonchev–Trinajstić information content (AvgIpc) is 3.07. The van der Waals surface area contributed by atoms with Gasteiger partial charge in [0.25, 0.3) is 11.8 Å². The lowest BCUT2D eigenvalue weighted by molar-refractivity contribution is 0.0926. The normalized spacial score (nSPS) is 12.9. The minimum Gasteiger partial charge on any atom is -0.470 e. The summed E-state index contributed by atoms with van der Waals surface area (Å²) in [5.74, 6) is -2.22. The molecular weight excluding hydrogens is 443 g/mol. The van der Waals surface area contributed by atoms with Gasteiger partial charge in [-0.15, -0.1) is 0 Å². The molecule has 2 heterocycles. The van der Waals surface area contributed by atoms with Crippen molar-refractivity contribution in [3.05, 3.63) is 58.7 Å². The maximum Gasteiger partial charge on any atom is 0.405 e. The molecule has 0 fully saturated rings. The van der Waals surface area contributed by atoms with E-state index >= 15 is 0 Å². The molecule has 1 aromatic carbocycles. The van der Waals surface area contributed by atoms with Gasteiger partial charge >= 0.3 is 6.09 Å². The Morgan fingerprint density at radius 1 is 1.21 bits per heavy atom. The first-order valence-electron chi connectivity index (χ1n) is 9.82. The van der Waals surface area contributed by atoms with Gasteiger partial charge in [0, 0.05) is 12.7 Å². The van der Waals surface area contributed by atoms with Crippen LogP contribution in [0.4, 0.5) is 18.0 Å². The highest BCUT2D eigenvalue weighted by Gasteiger charge is 2.29. The molecule has 0 aliphatic heterocycles. The van der Waals surface area contributed by atoms with Crippen molar-refractivity contribution in [3.63, 3.8) is 0 Å². The molecule has 2 aromatic heterocycles. The van der Waals surface area contributed by atoms with Crippen LogP contribution in [0.5, 0.6) is 5.88 Å². The molecule has 3 aromatic rings. The molecule has 33 heavy (non-hydrogen) atoms. The third kappa shape index (κ3) is 5.16. The fourth-order valence-corrected chi connectivity index (χ4v) is 3.17. The van der Waals surface area contributed by atoms with Crippen LogP contribution in [0.3, 0.4) is 0 Å². The zero-order valence-corrected chi connectivity index (χ0v) is 18.1. The summed E-state index contributed by atoms with van der Waals surface area (Å²) in [4.78, 5) is 32.2. The number of hydrogen-bond acceptors (Lipinski definition) is 5.